The molecular weight excluding hydrogens is 423 g/mol. The summed E-state index contributed by atoms with van der Waals surface area (Å²) in [6.07, 6.45) is 4.48. The van der Waals surface area contributed by atoms with E-state index in [1.807, 2.05) is 20.8 Å². The van der Waals surface area contributed by atoms with E-state index in [9.17, 15) is 0 Å². The molecule has 1 radical (unpaired) electrons. The van der Waals surface area contributed by atoms with E-state index >= 15 is 0 Å². The maximum atomic E-state index is 8.40. The van der Waals surface area contributed by atoms with Gasteiger partial charge in [-0.05, 0) is 16.5 Å². The predicted molar refractivity (Wildman–Crippen MR) is 107 cm³/mol. The monoisotopic (exact) mass is 447 g/mol. The quantitative estimate of drug-likeness (QED) is 0.405. The SMILES string of the molecule is CC(C)(C)CO.[Cl-].[Cl-].[Ti+3].[c-]1c(C2C=Cc3ccccc32)ccc2ccccc12. The third-order valence-electron chi connectivity index (χ3n) is 4.29. The van der Waals surface area contributed by atoms with Crippen LogP contribution in [-0.4, -0.2) is 11.7 Å². The van der Waals surface area contributed by atoms with Gasteiger partial charge in [0.2, 0.25) is 0 Å². The van der Waals surface area contributed by atoms with Gasteiger partial charge in [0.25, 0.3) is 0 Å². The van der Waals surface area contributed by atoms with Gasteiger partial charge in [-0.1, -0.05) is 69.3 Å². The third kappa shape index (κ3) is 6.76. The molecule has 0 bridgehead atoms. The Bertz CT molecular complexity index is 900. The molecule has 0 fully saturated rings. The maximum Gasteiger partial charge on any atom is 3.00 e. The second-order valence-corrected chi connectivity index (χ2v) is 7.69. The number of fused-ring (bicyclic) bond motifs is 2. The standard InChI is InChI=1S/C19H13.C5H12O.2ClH.Ti/c1-2-7-16-13-17(10-9-14(16)5-1)19-12-11-15-6-3-4-8-18(15)19;1-5(2,3)4-6;;;/h1-12,19H;6H,4H2,1-3H3;2*1H;/q-1;;;;+3/p-2. The Hall–Kier alpha value is -1.09. The van der Waals surface area contributed by atoms with Crippen LogP contribution in [0.25, 0.3) is 16.8 Å². The van der Waals surface area contributed by atoms with Gasteiger partial charge >= 0.3 is 21.7 Å². The molecule has 3 aromatic rings. The molecule has 0 saturated carbocycles. The molecule has 1 N–H and O–H groups in total. The molecule has 0 saturated heterocycles. The summed E-state index contributed by atoms with van der Waals surface area (Å²) in [5.74, 6) is 0.348. The van der Waals surface area contributed by atoms with E-state index in [1.165, 1.54) is 27.5 Å². The summed E-state index contributed by atoms with van der Waals surface area (Å²) in [6.45, 7) is 6.25. The number of rotatable bonds is 1. The zero-order valence-electron chi connectivity index (χ0n) is 16.4. The molecule has 3 aromatic carbocycles. The van der Waals surface area contributed by atoms with E-state index < -0.39 is 0 Å². The van der Waals surface area contributed by atoms with E-state index in [1.54, 1.807) is 0 Å². The molecule has 1 atom stereocenters. The van der Waals surface area contributed by atoms with E-state index in [-0.39, 0.29) is 58.6 Å². The molecule has 0 spiro atoms. The number of benzene rings is 3. The van der Waals surface area contributed by atoms with Gasteiger partial charge in [0.05, 0.1) is 0 Å². The number of halogens is 2. The minimum Gasteiger partial charge on any atom is -1.00 e. The predicted octanol–water partition coefficient (Wildman–Crippen LogP) is -0.171. The molecule has 4 heteroatoms. The molecule has 4 rings (SSSR count). The van der Waals surface area contributed by atoms with Crippen LogP contribution < -0.4 is 24.8 Å². The first-order valence-electron chi connectivity index (χ1n) is 8.77. The van der Waals surface area contributed by atoms with Crippen molar-refractivity contribution in [2.75, 3.05) is 6.61 Å². The molecule has 0 heterocycles. The molecule has 1 unspecified atom stereocenters. The first-order valence-corrected chi connectivity index (χ1v) is 8.77. The third-order valence-corrected chi connectivity index (χ3v) is 4.29. The van der Waals surface area contributed by atoms with Gasteiger partial charge in [-0.2, -0.15) is 0 Å². The fourth-order valence-electron chi connectivity index (χ4n) is 2.83. The van der Waals surface area contributed by atoms with Crippen molar-refractivity contribution in [3.63, 3.8) is 0 Å². The molecule has 145 valence electrons. The minimum absolute atomic E-state index is 0. The fraction of sp³-hybridized carbons (Fsp3) is 0.250. The molecular formula is C24H25Cl2OTi. The van der Waals surface area contributed by atoms with Crippen LogP contribution >= 0.6 is 0 Å². The Morgan fingerprint density at radius 3 is 2.18 bits per heavy atom. The van der Waals surface area contributed by atoms with Crippen molar-refractivity contribution in [3.8, 4) is 0 Å². The van der Waals surface area contributed by atoms with Crippen molar-refractivity contribution in [3.05, 3.63) is 89.5 Å². The summed E-state index contributed by atoms with van der Waals surface area (Å²) in [7, 11) is 0. The Kier molecular flexibility index (Phi) is 11.3. The van der Waals surface area contributed by atoms with Crippen molar-refractivity contribution in [1.82, 2.24) is 0 Å². The van der Waals surface area contributed by atoms with Crippen LogP contribution in [0, 0.1) is 11.5 Å². The average molecular weight is 448 g/mol. The van der Waals surface area contributed by atoms with Crippen molar-refractivity contribution in [1.29, 1.82) is 0 Å². The van der Waals surface area contributed by atoms with Crippen LogP contribution in [0.5, 0.6) is 0 Å². The zero-order chi connectivity index (χ0) is 17.9. The first-order chi connectivity index (χ1) is 12.0. The van der Waals surface area contributed by atoms with Crippen molar-refractivity contribution < 1.29 is 51.6 Å². The molecule has 0 aliphatic heterocycles. The smallest absolute Gasteiger partial charge is 1.00 e. The Labute approximate surface area is 196 Å². The van der Waals surface area contributed by atoms with Gasteiger partial charge in [0.15, 0.2) is 0 Å². The minimum atomic E-state index is 0. The van der Waals surface area contributed by atoms with Crippen molar-refractivity contribution >= 4 is 16.8 Å². The Morgan fingerprint density at radius 1 is 0.893 bits per heavy atom. The number of allylic oxidation sites excluding steroid dienone is 1. The number of aliphatic hydroxyl groups excluding tert-OH is 1. The number of aliphatic hydroxyl groups is 1. The van der Waals surface area contributed by atoms with Crippen molar-refractivity contribution in [2.24, 2.45) is 5.41 Å². The molecule has 28 heavy (non-hydrogen) atoms. The summed E-state index contributed by atoms with van der Waals surface area (Å²) in [6, 6.07) is 24.9. The molecule has 0 aromatic heterocycles. The van der Waals surface area contributed by atoms with E-state index in [4.69, 9.17) is 5.11 Å². The van der Waals surface area contributed by atoms with Crippen LogP contribution in [0.3, 0.4) is 0 Å². The van der Waals surface area contributed by atoms with Crippen LogP contribution in [0.4, 0.5) is 0 Å². The normalized spacial score (nSPS) is 13.9. The van der Waals surface area contributed by atoms with E-state index in [0.29, 0.717) is 5.92 Å². The van der Waals surface area contributed by atoms with Gasteiger partial charge in [0.1, 0.15) is 0 Å². The summed E-state index contributed by atoms with van der Waals surface area (Å²) < 4.78 is 0. The van der Waals surface area contributed by atoms with Gasteiger partial charge in [-0.3, -0.25) is 0 Å². The Morgan fingerprint density at radius 2 is 1.50 bits per heavy atom. The van der Waals surface area contributed by atoms with Gasteiger partial charge in [-0.15, -0.1) is 46.7 Å². The van der Waals surface area contributed by atoms with Gasteiger partial charge in [0, 0.05) is 12.5 Å². The maximum absolute atomic E-state index is 8.40. The van der Waals surface area contributed by atoms with Crippen LogP contribution in [-0.2, 0) is 21.7 Å². The second-order valence-electron chi connectivity index (χ2n) is 7.69. The van der Waals surface area contributed by atoms with Crippen LogP contribution in [0.15, 0.2) is 66.7 Å². The summed E-state index contributed by atoms with van der Waals surface area (Å²) in [5.41, 5.74) is 4.06. The molecule has 1 nitrogen and oxygen atoms in total. The van der Waals surface area contributed by atoms with Crippen LogP contribution in [0.2, 0.25) is 0 Å². The zero-order valence-corrected chi connectivity index (χ0v) is 19.5. The fourth-order valence-corrected chi connectivity index (χ4v) is 2.83. The molecule has 0 amide bonds. The molecule has 1 aliphatic carbocycles. The summed E-state index contributed by atoms with van der Waals surface area (Å²) >= 11 is 0. The van der Waals surface area contributed by atoms with E-state index in [2.05, 4.69) is 78.9 Å². The van der Waals surface area contributed by atoms with E-state index in [0.717, 1.165) is 0 Å². The van der Waals surface area contributed by atoms with Crippen molar-refractivity contribution in [2.45, 2.75) is 26.7 Å². The van der Waals surface area contributed by atoms with Crippen LogP contribution in [0.1, 0.15) is 43.4 Å². The Balaban J connectivity index is 0.000000721. The molecule has 1 aliphatic rings. The number of hydrogen-bond acceptors (Lipinski definition) is 1. The average Bonchev–Trinajstić information content (AvgIpc) is 3.05. The topological polar surface area (TPSA) is 20.2 Å². The first kappa shape index (κ1) is 26.9. The summed E-state index contributed by atoms with van der Waals surface area (Å²) in [4.78, 5) is 0. The number of hydrogen-bond donors (Lipinski definition) is 1. The largest absolute Gasteiger partial charge is 3.00 e. The van der Waals surface area contributed by atoms with Gasteiger partial charge < -0.3 is 29.9 Å². The summed E-state index contributed by atoms with van der Waals surface area (Å²) in [5, 5.41) is 10.8. The second kappa shape index (κ2) is 11.8. The van der Waals surface area contributed by atoms with Gasteiger partial charge in [-0.25, -0.2) is 0 Å².